The predicted octanol–water partition coefficient (Wildman–Crippen LogP) is 4.18. The van der Waals surface area contributed by atoms with Crippen LogP contribution in [0.2, 0.25) is 0 Å². The third kappa shape index (κ3) is 3.83. The van der Waals surface area contributed by atoms with Gasteiger partial charge in [-0.3, -0.25) is 0 Å². The van der Waals surface area contributed by atoms with Crippen LogP contribution in [0.5, 0.6) is 0 Å². The van der Waals surface area contributed by atoms with Crippen molar-refractivity contribution >= 4 is 23.7 Å². The Hall–Kier alpha value is -1.83. The van der Waals surface area contributed by atoms with Crippen LogP contribution in [-0.4, -0.2) is 38.6 Å². The molecule has 0 aromatic carbocycles. The van der Waals surface area contributed by atoms with Crippen LogP contribution in [0.4, 0.5) is 11.9 Å². The van der Waals surface area contributed by atoms with E-state index in [1.165, 1.54) is 31.4 Å². The second-order valence-electron chi connectivity index (χ2n) is 9.02. The first-order chi connectivity index (χ1) is 13.7. The molecule has 2 heterocycles. The molecule has 2 aliphatic rings. The van der Waals surface area contributed by atoms with E-state index in [-0.39, 0.29) is 11.2 Å². The van der Waals surface area contributed by atoms with E-state index in [0.717, 1.165) is 28.6 Å². The number of hydrogen-bond acceptors (Lipinski definition) is 7. The van der Waals surface area contributed by atoms with Gasteiger partial charge in [0.1, 0.15) is 5.82 Å². The number of nitrogen functional groups attached to an aromatic ring is 1. The molecular formula is C21H33N7S. The fourth-order valence-corrected chi connectivity index (χ4v) is 6.36. The van der Waals surface area contributed by atoms with E-state index in [2.05, 4.69) is 47.2 Å². The van der Waals surface area contributed by atoms with Crippen molar-refractivity contribution in [1.29, 1.82) is 0 Å². The van der Waals surface area contributed by atoms with Gasteiger partial charge in [0.2, 0.25) is 11.9 Å². The van der Waals surface area contributed by atoms with Crippen LogP contribution in [0.3, 0.4) is 0 Å². The van der Waals surface area contributed by atoms with Crippen molar-refractivity contribution in [2.24, 2.45) is 17.8 Å². The lowest BCUT2D eigenvalue weighted by molar-refractivity contribution is 0.232. The number of nitrogens with zero attached hydrogens (tertiary/aromatic N) is 6. The standard InChI is InChI=1S/C21H33N7S/c1-11-12(2)28(13(3)17-10-15-7-8-16(17)9-15)21(23-11)29-14(4)18-24-19(22)26-20(25-18)27(5)6/h13-17H,7-10H2,1-6H3,(H2,22,24,25,26). The summed E-state index contributed by atoms with van der Waals surface area (Å²) < 4.78 is 2.47. The summed E-state index contributed by atoms with van der Waals surface area (Å²) in [6, 6.07) is 0.474. The molecule has 2 fully saturated rings. The van der Waals surface area contributed by atoms with Crippen molar-refractivity contribution < 1.29 is 0 Å². The number of aryl methyl sites for hydroxylation is 1. The fourth-order valence-electron chi connectivity index (χ4n) is 5.22. The molecule has 2 aromatic heterocycles. The Labute approximate surface area is 177 Å². The summed E-state index contributed by atoms with van der Waals surface area (Å²) in [5.41, 5.74) is 8.32. The lowest BCUT2D eigenvalue weighted by Crippen LogP contribution is -2.23. The Morgan fingerprint density at radius 3 is 2.45 bits per heavy atom. The summed E-state index contributed by atoms with van der Waals surface area (Å²) in [6.07, 6.45) is 5.64. The summed E-state index contributed by atoms with van der Waals surface area (Å²) in [4.78, 5) is 20.0. The van der Waals surface area contributed by atoms with Gasteiger partial charge in [0.25, 0.3) is 0 Å². The molecule has 0 spiro atoms. The molecule has 5 unspecified atom stereocenters. The largest absolute Gasteiger partial charge is 0.368 e. The lowest BCUT2D eigenvalue weighted by Gasteiger charge is -2.31. The molecule has 5 atom stereocenters. The minimum Gasteiger partial charge on any atom is -0.368 e. The minimum atomic E-state index is 0.0335. The number of anilines is 2. The normalized spacial score (nSPS) is 25.4. The molecule has 2 aliphatic carbocycles. The zero-order chi connectivity index (χ0) is 20.9. The monoisotopic (exact) mass is 415 g/mol. The number of aromatic nitrogens is 5. The molecular weight excluding hydrogens is 382 g/mol. The zero-order valence-electron chi connectivity index (χ0n) is 18.4. The third-order valence-corrected chi connectivity index (χ3v) is 7.94. The van der Waals surface area contributed by atoms with Crippen LogP contribution in [0.1, 0.15) is 68.0 Å². The van der Waals surface area contributed by atoms with Crippen LogP contribution in [-0.2, 0) is 0 Å². The van der Waals surface area contributed by atoms with Crippen LogP contribution in [0, 0.1) is 31.6 Å². The number of fused-ring (bicyclic) bond motifs is 2. The molecule has 0 saturated heterocycles. The predicted molar refractivity (Wildman–Crippen MR) is 118 cm³/mol. The summed E-state index contributed by atoms with van der Waals surface area (Å²) in [6.45, 7) is 8.81. The van der Waals surface area contributed by atoms with Gasteiger partial charge in [-0.1, -0.05) is 18.2 Å². The molecule has 29 heavy (non-hydrogen) atoms. The second-order valence-corrected chi connectivity index (χ2v) is 10.3. The Morgan fingerprint density at radius 2 is 1.83 bits per heavy atom. The first-order valence-electron chi connectivity index (χ1n) is 10.7. The number of nitrogens with two attached hydrogens (primary N) is 1. The number of thioether (sulfide) groups is 1. The fraction of sp³-hybridized carbons (Fsp3) is 0.714. The average molecular weight is 416 g/mol. The molecule has 4 rings (SSSR count). The molecule has 0 aliphatic heterocycles. The third-order valence-electron chi connectivity index (χ3n) is 6.88. The lowest BCUT2D eigenvalue weighted by atomic mass is 9.84. The van der Waals surface area contributed by atoms with Crippen LogP contribution < -0.4 is 10.6 Å². The van der Waals surface area contributed by atoms with Crippen molar-refractivity contribution in [3.05, 3.63) is 17.2 Å². The van der Waals surface area contributed by atoms with Crippen molar-refractivity contribution in [3.63, 3.8) is 0 Å². The first-order valence-corrected chi connectivity index (χ1v) is 11.5. The van der Waals surface area contributed by atoms with E-state index < -0.39 is 0 Å². The first kappa shape index (κ1) is 20.4. The maximum atomic E-state index is 5.93. The van der Waals surface area contributed by atoms with Crippen LogP contribution in [0.25, 0.3) is 0 Å². The Kier molecular flexibility index (Phi) is 5.48. The second kappa shape index (κ2) is 7.78. The number of imidazole rings is 1. The van der Waals surface area contributed by atoms with Gasteiger partial charge in [-0.15, -0.1) is 0 Å². The van der Waals surface area contributed by atoms with E-state index in [0.29, 0.717) is 17.8 Å². The van der Waals surface area contributed by atoms with E-state index >= 15 is 0 Å². The van der Waals surface area contributed by atoms with Crippen molar-refractivity contribution in [2.75, 3.05) is 24.7 Å². The molecule has 0 amide bonds. The molecule has 0 radical (unpaired) electrons. The quantitative estimate of drug-likeness (QED) is 0.708. The summed E-state index contributed by atoms with van der Waals surface area (Å²) in [5, 5.41) is 1.10. The van der Waals surface area contributed by atoms with Crippen molar-refractivity contribution in [3.8, 4) is 0 Å². The van der Waals surface area contributed by atoms with Gasteiger partial charge in [-0.2, -0.15) is 15.0 Å². The molecule has 2 bridgehead atoms. The smallest absolute Gasteiger partial charge is 0.229 e. The molecule has 2 N–H and O–H groups in total. The topological polar surface area (TPSA) is 85.8 Å². The molecule has 8 heteroatoms. The van der Waals surface area contributed by atoms with Gasteiger partial charge in [0.05, 0.1) is 10.9 Å². The number of hydrogen-bond donors (Lipinski definition) is 1. The number of rotatable bonds is 6. The highest BCUT2D eigenvalue weighted by Gasteiger charge is 2.43. The minimum absolute atomic E-state index is 0.0335. The SMILES string of the molecule is Cc1nc(SC(C)c2nc(N)nc(N(C)C)n2)n(C(C)C2CC3CCC2C3)c1C. The highest BCUT2D eigenvalue weighted by molar-refractivity contribution is 7.99. The van der Waals surface area contributed by atoms with E-state index in [1.807, 2.05) is 19.0 Å². The zero-order valence-corrected chi connectivity index (χ0v) is 19.2. The molecule has 2 aromatic rings. The molecule has 7 nitrogen and oxygen atoms in total. The van der Waals surface area contributed by atoms with Gasteiger partial charge in [0.15, 0.2) is 5.16 Å². The van der Waals surface area contributed by atoms with Gasteiger partial charge in [0, 0.05) is 25.8 Å². The van der Waals surface area contributed by atoms with E-state index in [9.17, 15) is 0 Å². The summed E-state index contributed by atoms with van der Waals surface area (Å²) in [5.74, 6) is 4.15. The summed E-state index contributed by atoms with van der Waals surface area (Å²) >= 11 is 1.72. The Bertz CT molecular complexity index is 893. The van der Waals surface area contributed by atoms with Crippen LogP contribution in [0.15, 0.2) is 5.16 Å². The average Bonchev–Trinajstić information content (AvgIpc) is 3.36. The Morgan fingerprint density at radius 1 is 1.07 bits per heavy atom. The van der Waals surface area contributed by atoms with Crippen molar-refractivity contribution in [2.45, 2.75) is 69.8 Å². The highest BCUT2D eigenvalue weighted by atomic mass is 32.2. The van der Waals surface area contributed by atoms with Crippen molar-refractivity contribution in [1.82, 2.24) is 24.5 Å². The van der Waals surface area contributed by atoms with Crippen LogP contribution >= 0.6 is 11.8 Å². The van der Waals surface area contributed by atoms with Gasteiger partial charge in [-0.25, -0.2) is 4.98 Å². The highest BCUT2D eigenvalue weighted by Crippen LogP contribution is 2.53. The van der Waals surface area contributed by atoms with E-state index in [1.54, 1.807) is 11.8 Å². The van der Waals surface area contributed by atoms with Gasteiger partial charge >= 0.3 is 0 Å². The summed E-state index contributed by atoms with van der Waals surface area (Å²) in [7, 11) is 3.82. The maximum absolute atomic E-state index is 5.93. The maximum Gasteiger partial charge on any atom is 0.229 e. The molecule has 2 saturated carbocycles. The Balaban J connectivity index is 1.60. The van der Waals surface area contributed by atoms with Gasteiger partial charge < -0.3 is 15.2 Å². The van der Waals surface area contributed by atoms with E-state index in [4.69, 9.17) is 10.7 Å². The van der Waals surface area contributed by atoms with Gasteiger partial charge in [-0.05, 0) is 64.7 Å². The molecule has 158 valence electrons.